The third kappa shape index (κ3) is 3.71. The Kier molecular flexibility index (Phi) is 4.59. The minimum atomic E-state index is 0.532. The fourth-order valence-electron chi connectivity index (χ4n) is 2.07. The molecule has 0 aliphatic carbocycles. The van der Waals surface area contributed by atoms with Crippen LogP contribution >= 0.6 is 0 Å². The maximum atomic E-state index is 5.12. The molecule has 3 aromatic rings. The number of hydrogen-bond acceptors (Lipinski definition) is 5. The van der Waals surface area contributed by atoms with Gasteiger partial charge in [-0.1, -0.05) is 42.5 Å². The fourth-order valence-corrected chi connectivity index (χ4v) is 2.07. The summed E-state index contributed by atoms with van der Waals surface area (Å²) < 4.78 is 5.12. The quantitative estimate of drug-likeness (QED) is 0.580. The minimum Gasteiger partial charge on any atom is -0.481 e. The Hall–Kier alpha value is -3.21. The molecule has 0 fully saturated rings. The summed E-state index contributed by atoms with van der Waals surface area (Å²) in [4.78, 5) is 8.68. The van der Waals surface area contributed by atoms with Gasteiger partial charge in [0, 0.05) is 17.8 Å². The van der Waals surface area contributed by atoms with Gasteiger partial charge in [0.1, 0.15) is 11.5 Å². The summed E-state index contributed by atoms with van der Waals surface area (Å²) in [7, 11) is 1.58. The predicted molar refractivity (Wildman–Crippen MR) is 90.7 cm³/mol. The number of nitrogens with zero attached hydrogens (tertiary/aromatic N) is 3. The average molecular weight is 304 g/mol. The molecule has 0 spiro atoms. The van der Waals surface area contributed by atoms with Gasteiger partial charge in [0.05, 0.1) is 12.8 Å². The molecule has 114 valence electrons. The highest BCUT2D eigenvalue weighted by atomic mass is 16.5. The molecule has 23 heavy (non-hydrogen) atoms. The fraction of sp³-hybridized carbons (Fsp3) is 0.0556. The molecule has 0 saturated carbocycles. The van der Waals surface area contributed by atoms with Gasteiger partial charge in [0.25, 0.3) is 0 Å². The Labute approximate surface area is 134 Å². The van der Waals surface area contributed by atoms with Crippen LogP contribution in [0.15, 0.2) is 78.0 Å². The van der Waals surface area contributed by atoms with E-state index < -0.39 is 0 Å². The van der Waals surface area contributed by atoms with Crippen molar-refractivity contribution >= 4 is 11.5 Å². The van der Waals surface area contributed by atoms with E-state index in [0.717, 1.165) is 17.0 Å². The molecule has 5 heteroatoms. The topological polar surface area (TPSA) is 59.4 Å². The zero-order valence-corrected chi connectivity index (χ0v) is 12.7. The van der Waals surface area contributed by atoms with Crippen molar-refractivity contribution in [3.05, 3.63) is 84.2 Å². The van der Waals surface area contributed by atoms with Crippen molar-refractivity contribution < 1.29 is 4.74 Å². The van der Waals surface area contributed by atoms with Crippen LogP contribution in [0.1, 0.15) is 11.3 Å². The molecule has 0 bridgehead atoms. The molecule has 0 saturated heterocycles. The van der Waals surface area contributed by atoms with Gasteiger partial charge < -0.3 is 4.74 Å². The molecule has 1 N–H and O–H groups in total. The van der Waals surface area contributed by atoms with E-state index in [1.807, 2.05) is 60.7 Å². The van der Waals surface area contributed by atoms with E-state index in [9.17, 15) is 0 Å². The molecule has 0 atom stereocenters. The number of rotatable bonds is 5. The molecular formula is C18H16N4O. The van der Waals surface area contributed by atoms with Crippen molar-refractivity contribution in [3.63, 3.8) is 0 Å². The highest BCUT2D eigenvalue weighted by Crippen LogP contribution is 2.13. The van der Waals surface area contributed by atoms with E-state index in [-0.39, 0.29) is 0 Å². The minimum absolute atomic E-state index is 0.532. The molecule has 0 aliphatic rings. The molecule has 0 amide bonds. The zero-order chi connectivity index (χ0) is 15.9. The SMILES string of the molecule is COc1cccc(N/N=C(\c2ccccc2)c2ccccn2)n1. The van der Waals surface area contributed by atoms with Gasteiger partial charge in [0.15, 0.2) is 0 Å². The van der Waals surface area contributed by atoms with Crippen molar-refractivity contribution in [2.24, 2.45) is 5.10 Å². The number of anilines is 1. The zero-order valence-electron chi connectivity index (χ0n) is 12.7. The lowest BCUT2D eigenvalue weighted by Gasteiger charge is -2.08. The van der Waals surface area contributed by atoms with E-state index in [0.29, 0.717) is 11.7 Å². The Morgan fingerprint density at radius 3 is 2.52 bits per heavy atom. The Balaban J connectivity index is 1.95. The summed E-state index contributed by atoms with van der Waals surface area (Å²) in [6, 6.07) is 21.1. The highest BCUT2D eigenvalue weighted by molar-refractivity contribution is 6.11. The molecule has 3 rings (SSSR count). The van der Waals surface area contributed by atoms with Gasteiger partial charge in [-0.05, 0) is 18.2 Å². The highest BCUT2D eigenvalue weighted by Gasteiger charge is 2.08. The Morgan fingerprint density at radius 1 is 0.957 bits per heavy atom. The van der Waals surface area contributed by atoms with Crippen LogP contribution < -0.4 is 10.2 Å². The number of benzene rings is 1. The van der Waals surface area contributed by atoms with Crippen LogP contribution in [0.5, 0.6) is 5.88 Å². The van der Waals surface area contributed by atoms with Crippen molar-refractivity contribution in [1.82, 2.24) is 9.97 Å². The maximum Gasteiger partial charge on any atom is 0.214 e. The lowest BCUT2D eigenvalue weighted by atomic mass is 10.1. The molecule has 5 nitrogen and oxygen atoms in total. The number of aromatic nitrogens is 2. The molecule has 0 aliphatic heterocycles. The second kappa shape index (κ2) is 7.17. The van der Waals surface area contributed by atoms with E-state index in [2.05, 4.69) is 20.5 Å². The molecule has 1 aromatic carbocycles. The summed E-state index contributed by atoms with van der Waals surface area (Å²) in [5.41, 5.74) is 5.48. The van der Waals surface area contributed by atoms with Crippen LogP contribution in [0, 0.1) is 0 Å². The molecule has 0 unspecified atom stereocenters. The number of ether oxygens (including phenoxy) is 1. The van der Waals surface area contributed by atoms with Gasteiger partial charge >= 0.3 is 0 Å². The van der Waals surface area contributed by atoms with Crippen LogP contribution in [0.4, 0.5) is 5.82 Å². The summed E-state index contributed by atoms with van der Waals surface area (Å²) in [6.45, 7) is 0. The van der Waals surface area contributed by atoms with Gasteiger partial charge in [-0.15, -0.1) is 0 Å². The lowest BCUT2D eigenvalue weighted by Crippen LogP contribution is -2.08. The third-order valence-electron chi connectivity index (χ3n) is 3.17. The second-order valence-electron chi connectivity index (χ2n) is 4.72. The van der Waals surface area contributed by atoms with E-state index >= 15 is 0 Å². The van der Waals surface area contributed by atoms with Crippen LogP contribution in [-0.4, -0.2) is 22.8 Å². The Bertz CT molecular complexity index is 747. The lowest BCUT2D eigenvalue weighted by molar-refractivity contribution is 0.398. The number of nitrogens with one attached hydrogen (secondary N) is 1. The number of hydrogen-bond donors (Lipinski definition) is 1. The smallest absolute Gasteiger partial charge is 0.214 e. The molecule has 0 radical (unpaired) electrons. The third-order valence-corrected chi connectivity index (χ3v) is 3.17. The number of hydrazone groups is 1. The standard InChI is InChI=1S/C18H16N4O/c1-23-17-12-7-11-16(20-17)21-22-18(14-8-3-2-4-9-14)15-10-5-6-13-19-15/h2-13H,1H3,(H,20,21)/b22-18+. The van der Waals surface area contributed by atoms with Crippen molar-refractivity contribution in [3.8, 4) is 5.88 Å². The monoisotopic (exact) mass is 304 g/mol. The first-order chi connectivity index (χ1) is 11.4. The maximum absolute atomic E-state index is 5.12. The first-order valence-corrected chi connectivity index (χ1v) is 7.18. The van der Waals surface area contributed by atoms with Crippen molar-refractivity contribution in [1.29, 1.82) is 0 Å². The van der Waals surface area contributed by atoms with Gasteiger partial charge in [0.2, 0.25) is 5.88 Å². The average Bonchev–Trinajstić information content (AvgIpc) is 2.64. The van der Waals surface area contributed by atoms with E-state index in [4.69, 9.17) is 4.74 Å². The summed E-state index contributed by atoms with van der Waals surface area (Å²) >= 11 is 0. The van der Waals surface area contributed by atoms with Crippen molar-refractivity contribution in [2.45, 2.75) is 0 Å². The largest absolute Gasteiger partial charge is 0.481 e. The molecule has 2 aromatic heterocycles. The second-order valence-corrected chi connectivity index (χ2v) is 4.72. The van der Waals surface area contributed by atoms with Crippen molar-refractivity contribution in [2.75, 3.05) is 12.5 Å². The summed E-state index contributed by atoms with van der Waals surface area (Å²) in [5, 5.41) is 4.50. The number of pyridine rings is 2. The molecule has 2 heterocycles. The van der Waals surface area contributed by atoms with Crippen LogP contribution in [0.3, 0.4) is 0 Å². The van der Waals surface area contributed by atoms with Gasteiger partial charge in [-0.2, -0.15) is 10.1 Å². The first-order valence-electron chi connectivity index (χ1n) is 7.18. The van der Waals surface area contributed by atoms with E-state index in [1.165, 1.54) is 0 Å². The van der Waals surface area contributed by atoms with E-state index in [1.54, 1.807) is 19.4 Å². The normalized spacial score (nSPS) is 11.1. The first kappa shape index (κ1) is 14.7. The van der Waals surface area contributed by atoms with Gasteiger partial charge in [-0.3, -0.25) is 10.4 Å². The number of methoxy groups -OCH3 is 1. The van der Waals surface area contributed by atoms with Gasteiger partial charge in [-0.25, -0.2) is 0 Å². The Morgan fingerprint density at radius 2 is 1.78 bits per heavy atom. The summed E-state index contributed by atoms with van der Waals surface area (Å²) in [6.07, 6.45) is 1.75. The predicted octanol–water partition coefficient (Wildman–Crippen LogP) is 3.35. The van der Waals surface area contributed by atoms with Crippen LogP contribution in [-0.2, 0) is 0 Å². The van der Waals surface area contributed by atoms with Crippen LogP contribution in [0.25, 0.3) is 0 Å². The summed E-state index contributed by atoms with van der Waals surface area (Å²) in [5.74, 6) is 1.14. The molecular weight excluding hydrogens is 288 g/mol. The van der Waals surface area contributed by atoms with Crippen LogP contribution in [0.2, 0.25) is 0 Å².